The number of methoxy groups -OCH3 is 1. The van der Waals surface area contributed by atoms with Gasteiger partial charge < -0.3 is 14.2 Å². The minimum absolute atomic E-state index is 0.0763. The Labute approximate surface area is 174 Å². The van der Waals surface area contributed by atoms with Crippen molar-refractivity contribution in [1.29, 1.82) is 0 Å². The second-order valence-electron chi connectivity index (χ2n) is 7.06. The van der Waals surface area contributed by atoms with Crippen molar-refractivity contribution in [2.24, 2.45) is 0 Å². The molecule has 1 aliphatic rings. The van der Waals surface area contributed by atoms with Crippen molar-refractivity contribution in [2.45, 2.75) is 43.0 Å². The van der Waals surface area contributed by atoms with E-state index in [-0.39, 0.29) is 5.91 Å². The van der Waals surface area contributed by atoms with E-state index in [9.17, 15) is 4.79 Å². The largest absolute Gasteiger partial charge is 0.497 e. The number of thioether (sulfide) groups is 1. The molecule has 0 unspecified atom stereocenters. The van der Waals surface area contributed by atoms with Gasteiger partial charge in [0.1, 0.15) is 5.75 Å². The average Bonchev–Trinajstić information content (AvgIpc) is 3.51. The van der Waals surface area contributed by atoms with Gasteiger partial charge in [-0.1, -0.05) is 17.3 Å². The van der Waals surface area contributed by atoms with Crippen LogP contribution >= 0.6 is 11.8 Å². The molecule has 4 rings (SSSR count). The zero-order chi connectivity index (χ0) is 20.2. The highest BCUT2D eigenvalue weighted by Gasteiger charge is 2.33. The highest BCUT2D eigenvalue weighted by Crippen LogP contribution is 2.31. The van der Waals surface area contributed by atoms with Crippen LogP contribution in [0.4, 0.5) is 0 Å². The van der Waals surface area contributed by atoms with Crippen molar-refractivity contribution in [1.82, 2.24) is 15.0 Å². The minimum atomic E-state index is 0.0763. The average molecular weight is 410 g/mol. The summed E-state index contributed by atoms with van der Waals surface area (Å²) in [4.78, 5) is 20.4. The summed E-state index contributed by atoms with van der Waals surface area (Å²) in [6, 6.07) is 16.0. The fourth-order valence-corrected chi connectivity index (χ4v) is 3.82. The lowest BCUT2D eigenvalue weighted by atomic mass is 10.1. The van der Waals surface area contributed by atoms with Gasteiger partial charge in [-0.3, -0.25) is 4.79 Å². The molecule has 150 valence electrons. The van der Waals surface area contributed by atoms with Gasteiger partial charge in [0.15, 0.2) is 5.82 Å². The fraction of sp³-hybridized carbons (Fsp3) is 0.318. The SMILES string of the molecule is COc1ccc(CN(C(=O)c2ccc(SCc3nc(C)no3)cc2)C2CC2)cc1. The Bertz CT molecular complexity index is 966. The molecule has 0 N–H and O–H groups in total. The summed E-state index contributed by atoms with van der Waals surface area (Å²) in [7, 11) is 1.65. The van der Waals surface area contributed by atoms with Crippen LogP contribution in [0.25, 0.3) is 0 Å². The number of carbonyl (C=O) groups is 1. The van der Waals surface area contributed by atoms with Crippen LogP contribution in [0, 0.1) is 6.92 Å². The monoisotopic (exact) mass is 409 g/mol. The molecule has 0 atom stereocenters. The quantitative estimate of drug-likeness (QED) is 0.511. The lowest BCUT2D eigenvalue weighted by Crippen LogP contribution is -2.32. The van der Waals surface area contributed by atoms with Crippen LogP contribution in [-0.2, 0) is 12.3 Å². The molecule has 0 bridgehead atoms. The third-order valence-electron chi connectivity index (χ3n) is 4.79. The van der Waals surface area contributed by atoms with Gasteiger partial charge in [-0.15, -0.1) is 11.8 Å². The van der Waals surface area contributed by atoms with Crippen LogP contribution in [0.1, 0.15) is 40.5 Å². The van der Waals surface area contributed by atoms with E-state index in [1.807, 2.05) is 53.4 Å². The summed E-state index contributed by atoms with van der Waals surface area (Å²) < 4.78 is 10.3. The first kappa shape index (κ1) is 19.5. The molecular formula is C22H23N3O3S. The second-order valence-corrected chi connectivity index (χ2v) is 8.11. The Morgan fingerprint density at radius 1 is 1.17 bits per heavy atom. The van der Waals surface area contributed by atoms with Crippen LogP contribution in [0.5, 0.6) is 5.75 Å². The number of hydrogen-bond acceptors (Lipinski definition) is 6. The first-order chi connectivity index (χ1) is 14.1. The number of benzene rings is 2. The van der Waals surface area contributed by atoms with Crippen molar-refractivity contribution in [3.8, 4) is 5.75 Å². The van der Waals surface area contributed by atoms with Gasteiger partial charge in [0, 0.05) is 23.0 Å². The molecule has 29 heavy (non-hydrogen) atoms. The normalized spacial score (nSPS) is 13.3. The number of carbonyl (C=O) groups excluding carboxylic acids is 1. The number of hydrogen-bond donors (Lipinski definition) is 0. The summed E-state index contributed by atoms with van der Waals surface area (Å²) >= 11 is 1.61. The van der Waals surface area contributed by atoms with Crippen LogP contribution < -0.4 is 4.74 Å². The van der Waals surface area contributed by atoms with Crippen molar-refractivity contribution in [3.63, 3.8) is 0 Å². The van der Waals surface area contributed by atoms with Gasteiger partial charge in [0.2, 0.25) is 5.89 Å². The minimum Gasteiger partial charge on any atom is -0.497 e. The summed E-state index contributed by atoms with van der Waals surface area (Å²) in [6.07, 6.45) is 2.14. The third-order valence-corrected chi connectivity index (χ3v) is 5.79. The molecule has 0 saturated heterocycles. The number of rotatable bonds is 8. The van der Waals surface area contributed by atoms with Gasteiger partial charge in [-0.25, -0.2) is 0 Å². The standard InChI is InChI=1S/C22H23N3O3S/c1-15-23-21(28-24-15)14-29-20-11-5-17(6-12-20)22(26)25(18-7-8-18)13-16-3-9-19(27-2)10-4-16/h3-6,9-12,18H,7-8,13-14H2,1-2H3. The Morgan fingerprint density at radius 2 is 1.90 bits per heavy atom. The first-order valence-corrected chi connectivity index (χ1v) is 10.6. The highest BCUT2D eigenvalue weighted by molar-refractivity contribution is 7.98. The smallest absolute Gasteiger partial charge is 0.254 e. The molecule has 1 amide bonds. The third kappa shape index (κ3) is 4.98. The lowest BCUT2D eigenvalue weighted by Gasteiger charge is -2.23. The van der Waals surface area contributed by atoms with Crippen molar-refractivity contribution < 1.29 is 14.1 Å². The highest BCUT2D eigenvalue weighted by atomic mass is 32.2. The van der Waals surface area contributed by atoms with Crippen molar-refractivity contribution in [3.05, 3.63) is 71.4 Å². The molecule has 1 aliphatic carbocycles. The van der Waals surface area contributed by atoms with Crippen LogP contribution in [0.2, 0.25) is 0 Å². The van der Waals surface area contributed by atoms with Crippen LogP contribution in [0.15, 0.2) is 57.9 Å². The fourth-order valence-electron chi connectivity index (χ4n) is 3.08. The number of nitrogens with zero attached hydrogens (tertiary/aromatic N) is 3. The molecular weight excluding hydrogens is 386 g/mol. The van der Waals surface area contributed by atoms with E-state index in [1.165, 1.54) is 0 Å². The van der Waals surface area contributed by atoms with Gasteiger partial charge in [-0.05, 0) is 61.7 Å². The Morgan fingerprint density at radius 3 is 2.48 bits per heavy atom. The lowest BCUT2D eigenvalue weighted by molar-refractivity contribution is 0.0730. The topological polar surface area (TPSA) is 68.5 Å². The van der Waals surface area contributed by atoms with E-state index in [1.54, 1.807) is 25.8 Å². The predicted octanol–water partition coefficient (Wildman–Crippen LogP) is 4.48. The number of amides is 1. The van der Waals surface area contributed by atoms with Crippen molar-refractivity contribution >= 4 is 17.7 Å². The Kier molecular flexibility index (Phi) is 5.85. The molecule has 3 aromatic rings. The van der Waals surface area contributed by atoms with E-state index in [0.29, 0.717) is 35.6 Å². The maximum atomic E-state index is 13.1. The maximum Gasteiger partial charge on any atom is 0.254 e. The summed E-state index contributed by atoms with van der Waals surface area (Å²) in [6.45, 7) is 2.41. The van der Waals surface area contributed by atoms with E-state index in [4.69, 9.17) is 9.26 Å². The van der Waals surface area contributed by atoms with E-state index in [0.717, 1.165) is 29.1 Å². The predicted molar refractivity (Wildman–Crippen MR) is 111 cm³/mol. The molecule has 6 nitrogen and oxygen atoms in total. The Balaban J connectivity index is 1.40. The van der Waals surface area contributed by atoms with Crippen LogP contribution in [-0.4, -0.2) is 34.1 Å². The summed E-state index contributed by atoms with van der Waals surface area (Å²) in [5, 5.41) is 3.80. The molecule has 1 fully saturated rings. The molecule has 0 spiro atoms. The van der Waals surface area contributed by atoms with Crippen molar-refractivity contribution in [2.75, 3.05) is 7.11 Å². The zero-order valence-corrected chi connectivity index (χ0v) is 17.3. The van der Waals surface area contributed by atoms with E-state index < -0.39 is 0 Å². The van der Waals surface area contributed by atoms with Gasteiger partial charge in [0.25, 0.3) is 5.91 Å². The molecule has 1 heterocycles. The Hall–Kier alpha value is -2.80. The number of aryl methyl sites for hydroxylation is 1. The number of ether oxygens (including phenoxy) is 1. The van der Waals surface area contributed by atoms with Crippen LogP contribution in [0.3, 0.4) is 0 Å². The molecule has 0 aliphatic heterocycles. The molecule has 1 aromatic heterocycles. The second kappa shape index (κ2) is 8.69. The molecule has 2 aromatic carbocycles. The van der Waals surface area contributed by atoms with Gasteiger partial charge >= 0.3 is 0 Å². The van der Waals surface area contributed by atoms with Gasteiger partial charge in [-0.2, -0.15) is 4.98 Å². The maximum absolute atomic E-state index is 13.1. The van der Waals surface area contributed by atoms with E-state index in [2.05, 4.69) is 10.1 Å². The number of aromatic nitrogens is 2. The summed E-state index contributed by atoms with van der Waals surface area (Å²) in [5.74, 6) is 2.75. The first-order valence-electron chi connectivity index (χ1n) is 9.58. The van der Waals surface area contributed by atoms with E-state index >= 15 is 0 Å². The molecule has 7 heteroatoms. The zero-order valence-electron chi connectivity index (χ0n) is 16.5. The molecule has 1 saturated carbocycles. The molecule has 0 radical (unpaired) electrons. The summed E-state index contributed by atoms with van der Waals surface area (Å²) in [5.41, 5.74) is 1.82. The van der Waals surface area contributed by atoms with Gasteiger partial charge in [0.05, 0.1) is 12.9 Å².